The Bertz CT molecular complexity index is 459. The molecule has 1 heterocycles. The van der Waals surface area contributed by atoms with E-state index in [4.69, 9.17) is 5.11 Å². The van der Waals surface area contributed by atoms with Crippen LogP contribution in [0.2, 0.25) is 0 Å². The molecule has 0 aromatic carbocycles. The Morgan fingerprint density at radius 3 is 2.68 bits per heavy atom. The molecule has 0 aliphatic heterocycles. The maximum absolute atomic E-state index is 10.8. The first-order chi connectivity index (χ1) is 9.00. The summed E-state index contributed by atoms with van der Waals surface area (Å²) in [6.45, 7) is 6.55. The molecule has 19 heavy (non-hydrogen) atoms. The molecule has 0 spiro atoms. The molecule has 0 bridgehead atoms. The van der Waals surface area contributed by atoms with Crippen molar-refractivity contribution < 1.29 is 9.90 Å². The predicted octanol–water partition coefficient (Wildman–Crippen LogP) is 3.47. The van der Waals surface area contributed by atoms with Crippen LogP contribution >= 0.6 is 11.8 Å². The third-order valence-corrected chi connectivity index (χ3v) is 5.03. The Hall–Kier alpha value is -0.970. The average Bonchev–Trinajstić information content (AvgIpc) is 2.70. The summed E-state index contributed by atoms with van der Waals surface area (Å²) in [6, 6.07) is 0. The van der Waals surface area contributed by atoms with E-state index >= 15 is 0 Å². The molecule has 0 atom stereocenters. The Morgan fingerprint density at radius 1 is 1.58 bits per heavy atom. The second kappa shape index (κ2) is 5.57. The molecule has 1 saturated carbocycles. The molecule has 5 heteroatoms. The van der Waals surface area contributed by atoms with Crippen LogP contribution in [0.15, 0.2) is 11.4 Å². The number of nitrogens with zero attached hydrogens (tertiary/aromatic N) is 2. The van der Waals surface area contributed by atoms with Gasteiger partial charge in [-0.05, 0) is 31.6 Å². The number of carbonyl (C=O) groups is 1. The molecule has 0 unspecified atom stereocenters. The smallest absolute Gasteiger partial charge is 0.313 e. The quantitative estimate of drug-likeness (QED) is 0.812. The van der Waals surface area contributed by atoms with E-state index < -0.39 is 5.97 Å². The lowest BCUT2D eigenvalue weighted by molar-refractivity contribution is -0.133. The van der Waals surface area contributed by atoms with Crippen molar-refractivity contribution in [2.45, 2.75) is 63.1 Å². The zero-order chi connectivity index (χ0) is 14.0. The third-order valence-electron chi connectivity index (χ3n) is 4.09. The Balaban J connectivity index is 2.36. The molecule has 1 aliphatic carbocycles. The highest BCUT2D eigenvalue weighted by molar-refractivity contribution is 7.99. The van der Waals surface area contributed by atoms with Crippen LogP contribution in [0.3, 0.4) is 0 Å². The largest absolute Gasteiger partial charge is 0.481 e. The third kappa shape index (κ3) is 2.66. The molecule has 2 rings (SSSR count). The highest BCUT2D eigenvalue weighted by atomic mass is 32.2. The van der Waals surface area contributed by atoms with E-state index in [2.05, 4.69) is 30.3 Å². The van der Waals surface area contributed by atoms with Gasteiger partial charge in [0.2, 0.25) is 0 Å². The first-order valence-electron chi connectivity index (χ1n) is 6.93. The summed E-state index contributed by atoms with van der Waals surface area (Å²) in [6.07, 6.45) is 6.63. The molecule has 4 nitrogen and oxygen atoms in total. The van der Waals surface area contributed by atoms with Gasteiger partial charge in [-0.1, -0.05) is 32.5 Å². The number of rotatable bonds is 6. The number of imidazole rings is 1. The molecule has 0 amide bonds. The lowest BCUT2D eigenvalue weighted by Crippen LogP contribution is -2.41. The topological polar surface area (TPSA) is 55.1 Å². The van der Waals surface area contributed by atoms with Crippen molar-refractivity contribution in [2.24, 2.45) is 0 Å². The van der Waals surface area contributed by atoms with Crippen molar-refractivity contribution in [1.82, 2.24) is 9.55 Å². The van der Waals surface area contributed by atoms with Gasteiger partial charge < -0.3 is 9.67 Å². The first kappa shape index (κ1) is 14.4. The van der Waals surface area contributed by atoms with Gasteiger partial charge in [-0.3, -0.25) is 4.79 Å². The molecule has 1 aromatic heterocycles. The number of aliphatic carboxylic acids is 1. The minimum absolute atomic E-state index is 0.0777. The van der Waals surface area contributed by atoms with Gasteiger partial charge in [0.05, 0.1) is 5.75 Å². The number of aromatic nitrogens is 2. The SMILES string of the molecule is CCC1(n2c(C(C)C)cnc2SCC(=O)O)CCC1. The minimum atomic E-state index is -0.787. The predicted molar refractivity (Wildman–Crippen MR) is 76.8 cm³/mol. The maximum Gasteiger partial charge on any atom is 0.313 e. The number of hydrogen-bond acceptors (Lipinski definition) is 3. The summed E-state index contributed by atoms with van der Waals surface area (Å²) in [5.41, 5.74) is 1.41. The summed E-state index contributed by atoms with van der Waals surface area (Å²) in [5, 5.41) is 9.72. The van der Waals surface area contributed by atoms with Crippen molar-refractivity contribution in [1.29, 1.82) is 0 Å². The van der Waals surface area contributed by atoms with Crippen molar-refractivity contribution in [2.75, 3.05) is 5.75 Å². The van der Waals surface area contributed by atoms with Gasteiger partial charge in [-0.15, -0.1) is 0 Å². The fourth-order valence-electron chi connectivity index (χ4n) is 2.78. The van der Waals surface area contributed by atoms with Crippen LogP contribution in [0.25, 0.3) is 0 Å². The van der Waals surface area contributed by atoms with Crippen LogP contribution in [0.4, 0.5) is 0 Å². The van der Waals surface area contributed by atoms with E-state index in [-0.39, 0.29) is 11.3 Å². The average molecular weight is 282 g/mol. The molecular weight excluding hydrogens is 260 g/mol. The highest BCUT2D eigenvalue weighted by Crippen LogP contribution is 2.45. The van der Waals surface area contributed by atoms with E-state index in [1.165, 1.54) is 36.7 Å². The molecular formula is C14H22N2O2S. The van der Waals surface area contributed by atoms with Gasteiger partial charge in [-0.2, -0.15) is 0 Å². The Kier molecular flexibility index (Phi) is 4.23. The fraction of sp³-hybridized carbons (Fsp3) is 0.714. The van der Waals surface area contributed by atoms with E-state index in [9.17, 15) is 4.79 Å². The van der Waals surface area contributed by atoms with Crippen molar-refractivity contribution in [3.8, 4) is 0 Å². The molecule has 1 aliphatic rings. The van der Waals surface area contributed by atoms with Crippen molar-refractivity contribution in [3.05, 3.63) is 11.9 Å². The van der Waals surface area contributed by atoms with Gasteiger partial charge in [0.1, 0.15) is 0 Å². The van der Waals surface area contributed by atoms with E-state index in [0.29, 0.717) is 5.92 Å². The second-order valence-electron chi connectivity index (χ2n) is 5.57. The highest BCUT2D eigenvalue weighted by Gasteiger charge is 2.40. The van der Waals surface area contributed by atoms with Crippen molar-refractivity contribution >= 4 is 17.7 Å². The molecule has 0 radical (unpaired) electrons. The lowest BCUT2D eigenvalue weighted by atomic mass is 9.74. The van der Waals surface area contributed by atoms with Gasteiger partial charge in [0.15, 0.2) is 5.16 Å². The molecule has 1 aromatic rings. The van der Waals surface area contributed by atoms with Gasteiger partial charge in [-0.25, -0.2) is 4.98 Å². The number of carboxylic acids is 1. The van der Waals surface area contributed by atoms with Crippen LogP contribution in [0, 0.1) is 0 Å². The number of thioether (sulfide) groups is 1. The standard InChI is InChI=1S/C14H22N2O2S/c1-4-14(6-5-7-14)16-11(10(2)3)8-15-13(16)19-9-12(17)18/h8,10H,4-7,9H2,1-3H3,(H,17,18). The Morgan fingerprint density at radius 2 is 2.26 bits per heavy atom. The summed E-state index contributed by atoms with van der Waals surface area (Å²) >= 11 is 1.34. The monoisotopic (exact) mass is 282 g/mol. The molecule has 106 valence electrons. The fourth-order valence-corrected chi connectivity index (χ4v) is 3.59. The summed E-state index contributed by atoms with van der Waals surface area (Å²) in [5.74, 6) is -0.297. The van der Waals surface area contributed by atoms with Gasteiger partial charge in [0.25, 0.3) is 0 Å². The van der Waals surface area contributed by atoms with Gasteiger partial charge >= 0.3 is 5.97 Å². The van der Waals surface area contributed by atoms with E-state index in [0.717, 1.165) is 11.6 Å². The van der Waals surface area contributed by atoms with Crippen LogP contribution in [-0.4, -0.2) is 26.4 Å². The molecule has 0 saturated heterocycles. The Labute approximate surface area is 118 Å². The van der Waals surface area contributed by atoms with Crippen LogP contribution in [0.5, 0.6) is 0 Å². The first-order valence-corrected chi connectivity index (χ1v) is 7.91. The normalized spacial score (nSPS) is 17.5. The second-order valence-corrected chi connectivity index (χ2v) is 6.51. The van der Waals surface area contributed by atoms with Crippen molar-refractivity contribution in [3.63, 3.8) is 0 Å². The van der Waals surface area contributed by atoms with Crippen LogP contribution < -0.4 is 0 Å². The summed E-state index contributed by atoms with van der Waals surface area (Å²) in [4.78, 5) is 15.2. The van der Waals surface area contributed by atoms with E-state index in [1.807, 2.05) is 6.20 Å². The lowest BCUT2D eigenvalue weighted by Gasteiger charge is -2.45. The minimum Gasteiger partial charge on any atom is -0.481 e. The number of carboxylic acid groups (broad SMARTS) is 1. The van der Waals surface area contributed by atoms with Gasteiger partial charge in [0, 0.05) is 17.4 Å². The van der Waals surface area contributed by atoms with E-state index in [1.54, 1.807) is 0 Å². The summed E-state index contributed by atoms with van der Waals surface area (Å²) < 4.78 is 2.33. The zero-order valence-corrected chi connectivity index (χ0v) is 12.7. The maximum atomic E-state index is 10.8. The molecule has 1 fully saturated rings. The zero-order valence-electron chi connectivity index (χ0n) is 11.8. The number of hydrogen-bond donors (Lipinski definition) is 1. The van der Waals surface area contributed by atoms with Crippen LogP contribution in [-0.2, 0) is 10.3 Å². The summed E-state index contributed by atoms with van der Waals surface area (Å²) in [7, 11) is 0. The molecule has 1 N–H and O–H groups in total. The van der Waals surface area contributed by atoms with Crippen LogP contribution in [0.1, 0.15) is 58.1 Å².